The fourth-order valence-electron chi connectivity index (χ4n) is 2.36. The van der Waals surface area contributed by atoms with Gasteiger partial charge in [-0.3, -0.25) is 10.3 Å². The Morgan fingerprint density at radius 1 is 1.07 bits per heavy atom. The minimum Gasteiger partial charge on any atom is -0.462 e. The Morgan fingerprint density at radius 2 is 1.62 bits per heavy atom. The standard InChI is InChI=1S/C19H26N4O5.ClH/c1-4-27-16(24)13-7-6-8-14(17(25)28-5-2)15(13)22-18(23-19(26)20-3)21-11-12-9-10-12;/h6-8,12H,4-5,9-11H2,1-3H3,(H3,20,21,22,23,26);1H. The van der Waals surface area contributed by atoms with Crippen LogP contribution >= 0.6 is 12.4 Å². The van der Waals surface area contributed by atoms with E-state index in [9.17, 15) is 14.4 Å². The molecule has 0 aliphatic heterocycles. The Kier molecular flexibility index (Phi) is 9.94. The largest absolute Gasteiger partial charge is 0.462 e. The molecule has 0 unspecified atom stereocenters. The van der Waals surface area contributed by atoms with Crippen LogP contribution in [0.15, 0.2) is 23.2 Å². The molecule has 0 heterocycles. The molecule has 1 aromatic rings. The molecule has 0 aromatic heterocycles. The van der Waals surface area contributed by atoms with E-state index >= 15 is 0 Å². The number of nitrogens with one attached hydrogen (secondary N) is 3. The van der Waals surface area contributed by atoms with Gasteiger partial charge < -0.3 is 20.1 Å². The molecule has 0 bridgehead atoms. The molecule has 10 heteroatoms. The number of guanidine groups is 1. The van der Waals surface area contributed by atoms with Gasteiger partial charge in [-0.1, -0.05) is 6.07 Å². The summed E-state index contributed by atoms with van der Waals surface area (Å²) in [6, 6.07) is 4.15. The number of carbonyl (C=O) groups excluding carboxylic acids is 3. The molecule has 2 amide bonds. The minimum absolute atomic E-state index is 0. The number of ether oxygens (including phenoxy) is 2. The first kappa shape index (κ1) is 24.2. The summed E-state index contributed by atoms with van der Waals surface area (Å²) >= 11 is 0. The molecule has 1 fully saturated rings. The monoisotopic (exact) mass is 426 g/mol. The summed E-state index contributed by atoms with van der Waals surface area (Å²) in [7, 11) is 1.48. The van der Waals surface area contributed by atoms with Crippen LogP contribution in [0.1, 0.15) is 47.4 Å². The molecule has 1 saturated carbocycles. The molecular weight excluding hydrogens is 400 g/mol. The predicted octanol–water partition coefficient (Wildman–Crippen LogP) is 2.57. The van der Waals surface area contributed by atoms with Crippen molar-refractivity contribution in [2.24, 2.45) is 10.9 Å². The van der Waals surface area contributed by atoms with Crippen molar-refractivity contribution in [2.45, 2.75) is 26.7 Å². The predicted molar refractivity (Wildman–Crippen MR) is 112 cm³/mol. The topological polar surface area (TPSA) is 118 Å². The molecule has 160 valence electrons. The van der Waals surface area contributed by atoms with Crippen molar-refractivity contribution in [1.29, 1.82) is 0 Å². The number of anilines is 1. The number of nitrogens with zero attached hydrogens (tertiary/aromatic N) is 1. The van der Waals surface area contributed by atoms with Gasteiger partial charge in [0.25, 0.3) is 0 Å². The van der Waals surface area contributed by atoms with Crippen molar-refractivity contribution >= 4 is 42.0 Å². The second kappa shape index (κ2) is 11.9. The smallest absolute Gasteiger partial charge is 0.340 e. The van der Waals surface area contributed by atoms with Gasteiger partial charge in [0, 0.05) is 13.6 Å². The maximum atomic E-state index is 12.4. The fourth-order valence-corrected chi connectivity index (χ4v) is 2.36. The lowest BCUT2D eigenvalue weighted by Gasteiger charge is -2.17. The van der Waals surface area contributed by atoms with Crippen molar-refractivity contribution < 1.29 is 23.9 Å². The Balaban J connectivity index is 0.00000420. The Morgan fingerprint density at radius 3 is 2.07 bits per heavy atom. The summed E-state index contributed by atoms with van der Waals surface area (Å²) in [5.41, 5.74) is 0.459. The first-order chi connectivity index (χ1) is 13.5. The number of urea groups is 1. The maximum Gasteiger partial charge on any atom is 0.340 e. The summed E-state index contributed by atoms with van der Waals surface area (Å²) in [6.45, 7) is 4.27. The summed E-state index contributed by atoms with van der Waals surface area (Å²) in [6.07, 6.45) is 2.18. The van der Waals surface area contributed by atoms with Crippen LogP contribution in [0, 0.1) is 5.92 Å². The van der Waals surface area contributed by atoms with Gasteiger partial charge in [-0.05, 0) is 44.7 Å². The normalized spacial score (nSPS) is 13.0. The number of esters is 2. The average Bonchev–Trinajstić information content (AvgIpc) is 3.50. The average molecular weight is 427 g/mol. The Hall–Kier alpha value is -2.81. The van der Waals surface area contributed by atoms with Crippen molar-refractivity contribution in [3.8, 4) is 0 Å². The number of para-hydroxylation sites is 1. The Bertz CT molecular complexity index is 729. The van der Waals surface area contributed by atoms with Gasteiger partial charge in [0.1, 0.15) is 0 Å². The molecular formula is C19H27ClN4O5. The van der Waals surface area contributed by atoms with Crippen LogP contribution in [0.3, 0.4) is 0 Å². The molecule has 1 aromatic carbocycles. The van der Waals surface area contributed by atoms with E-state index in [1.54, 1.807) is 19.9 Å². The third kappa shape index (κ3) is 7.26. The summed E-state index contributed by atoms with van der Waals surface area (Å²) in [4.78, 5) is 40.9. The van der Waals surface area contributed by atoms with Crippen LogP contribution < -0.4 is 16.0 Å². The Labute approximate surface area is 176 Å². The zero-order valence-corrected chi connectivity index (χ0v) is 17.6. The van der Waals surface area contributed by atoms with Crippen LogP contribution in [0.5, 0.6) is 0 Å². The zero-order valence-electron chi connectivity index (χ0n) is 16.7. The number of benzene rings is 1. The second-order valence-electron chi connectivity index (χ2n) is 6.13. The lowest BCUT2D eigenvalue weighted by molar-refractivity contribution is 0.0527. The van der Waals surface area contributed by atoms with Crippen molar-refractivity contribution in [3.05, 3.63) is 29.3 Å². The van der Waals surface area contributed by atoms with Crippen molar-refractivity contribution in [3.63, 3.8) is 0 Å². The van der Waals surface area contributed by atoms with Gasteiger partial charge in [-0.2, -0.15) is 0 Å². The highest BCUT2D eigenvalue weighted by atomic mass is 35.5. The van der Waals surface area contributed by atoms with Gasteiger partial charge >= 0.3 is 18.0 Å². The SMILES string of the molecule is CCOC(=O)c1cccc(C(=O)OCC)c1NC(=NCC1CC1)NC(=O)NC.Cl. The lowest BCUT2D eigenvalue weighted by Crippen LogP contribution is -2.42. The van der Waals surface area contributed by atoms with E-state index in [1.807, 2.05) is 0 Å². The molecule has 0 radical (unpaired) electrons. The van der Waals surface area contributed by atoms with Crippen LogP contribution in [0.4, 0.5) is 10.5 Å². The molecule has 9 nitrogen and oxygen atoms in total. The quantitative estimate of drug-likeness (QED) is 0.350. The van der Waals surface area contributed by atoms with Gasteiger partial charge in [0.2, 0.25) is 5.96 Å². The molecule has 2 rings (SSSR count). The number of rotatable bonds is 7. The number of amides is 2. The third-order valence-corrected chi connectivity index (χ3v) is 3.96. The molecule has 0 saturated heterocycles. The number of aliphatic imine (C=N–C) groups is 1. The summed E-state index contributed by atoms with van der Waals surface area (Å²) < 4.78 is 10.2. The highest BCUT2D eigenvalue weighted by molar-refractivity contribution is 6.11. The van der Waals surface area contributed by atoms with Gasteiger partial charge in [-0.15, -0.1) is 12.4 Å². The first-order valence-electron chi connectivity index (χ1n) is 9.27. The van der Waals surface area contributed by atoms with E-state index in [1.165, 1.54) is 19.2 Å². The number of halogens is 1. The van der Waals surface area contributed by atoms with Crippen molar-refractivity contribution in [1.82, 2.24) is 10.6 Å². The van der Waals surface area contributed by atoms with E-state index in [2.05, 4.69) is 20.9 Å². The van der Waals surface area contributed by atoms with E-state index < -0.39 is 18.0 Å². The first-order valence-corrected chi connectivity index (χ1v) is 9.27. The van der Waals surface area contributed by atoms with Gasteiger partial charge in [-0.25, -0.2) is 14.4 Å². The maximum absolute atomic E-state index is 12.4. The summed E-state index contributed by atoms with van der Waals surface area (Å²) in [5.74, 6) is -0.586. The third-order valence-electron chi connectivity index (χ3n) is 3.96. The summed E-state index contributed by atoms with van der Waals surface area (Å²) in [5, 5.41) is 7.94. The number of carbonyl (C=O) groups is 3. The van der Waals surface area contributed by atoms with Crippen molar-refractivity contribution in [2.75, 3.05) is 32.1 Å². The lowest BCUT2D eigenvalue weighted by atomic mass is 10.1. The molecule has 1 aliphatic rings. The van der Waals surface area contributed by atoms with Gasteiger partial charge in [0.05, 0.1) is 30.0 Å². The molecule has 29 heavy (non-hydrogen) atoms. The number of hydrogen-bond donors (Lipinski definition) is 3. The molecule has 3 N–H and O–H groups in total. The van der Waals surface area contributed by atoms with Crippen LogP contribution in [0.25, 0.3) is 0 Å². The van der Waals surface area contributed by atoms with Crippen LogP contribution in [-0.4, -0.2) is 50.7 Å². The molecule has 0 spiro atoms. The molecule has 1 aliphatic carbocycles. The van der Waals surface area contributed by atoms with E-state index in [0.717, 1.165) is 12.8 Å². The van der Waals surface area contributed by atoms with E-state index in [0.29, 0.717) is 12.5 Å². The number of hydrogen-bond acceptors (Lipinski definition) is 6. The van der Waals surface area contributed by atoms with Crippen LogP contribution in [-0.2, 0) is 9.47 Å². The highest BCUT2D eigenvalue weighted by Crippen LogP contribution is 2.29. The zero-order chi connectivity index (χ0) is 20.5. The van der Waals surface area contributed by atoms with Gasteiger partial charge in [0.15, 0.2) is 0 Å². The second-order valence-corrected chi connectivity index (χ2v) is 6.13. The minimum atomic E-state index is -0.599. The highest BCUT2D eigenvalue weighted by Gasteiger charge is 2.24. The van der Waals surface area contributed by atoms with E-state index in [4.69, 9.17) is 9.47 Å². The van der Waals surface area contributed by atoms with Crippen LogP contribution in [0.2, 0.25) is 0 Å². The van der Waals surface area contributed by atoms with E-state index in [-0.39, 0.29) is 48.4 Å². The fraction of sp³-hybridized carbons (Fsp3) is 0.474. The molecule has 0 atom stereocenters.